The number of aromatic nitrogens is 1. The van der Waals surface area contributed by atoms with Crippen LogP contribution >= 0.6 is 35.6 Å². The lowest BCUT2D eigenvalue weighted by Gasteiger charge is -2.10. The smallest absolute Gasteiger partial charge is 0.232 e. The molecule has 0 fully saturated rings. The molecule has 1 aromatic heterocycles. The van der Waals surface area contributed by atoms with Crippen LogP contribution < -0.4 is 15.8 Å². The van der Waals surface area contributed by atoms with E-state index in [1.807, 2.05) is 0 Å². The molecular weight excluding hydrogens is 379 g/mol. The van der Waals surface area contributed by atoms with E-state index in [1.54, 1.807) is 19.3 Å². The van der Waals surface area contributed by atoms with Gasteiger partial charge in [0.25, 0.3) is 0 Å². The first-order valence-electron chi connectivity index (χ1n) is 5.76. The van der Waals surface area contributed by atoms with Gasteiger partial charge < -0.3 is 15.8 Å². The predicted molar refractivity (Wildman–Crippen MR) is 89.4 cm³/mol. The van der Waals surface area contributed by atoms with Crippen molar-refractivity contribution in [1.29, 1.82) is 0 Å². The van der Waals surface area contributed by atoms with Gasteiger partial charge in [-0.05, 0) is 17.5 Å². The van der Waals surface area contributed by atoms with Crippen molar-refractivity contribution in [3.63, 3.8) is 0 Å². The molecule has 1 aromatic rings. The first kappa shape index (κ1) is 18.2. The number of ether oxygens (including phenoxy) is 1. The van der Waals surface area contributed by atoms with Crippen molar-refractivity contribution in [3.05, 3.63) is 22.8 Å². The lowest BCUT2D eigenvalue weighted by Crippen LogP contribution is -2.30. The van der Waals surface area contributed by atoms with Crippen LogP contribution in [-0.2, 0) is 6.54 Å². The van der Waals surface area contributed by atoms with Crippen LogP contribution in [0.3, 0.4) is 0 Å². The minimum Gasteiger partial charge on any atom is -0.476 e. The lowest BCUT2D eigenvalue weighted by atomic mass is 10.2. The van der Waals surface area contributed by atoms with Crippen LogP contribution in [0.2, 0.25) is 5.02 Å². The van der Waals surface area contributed by atoms with E-state index in [9.17, 15) is 0 Å². The molecule has 0 saturated heterocycles. The summed E-state index contributed by atoms with van der Waals surface area (Å²) in [6.07, 6.45) is 1.71. The number of nitrogens with zero attached hydrogens (tertiary/aromatic N) is 2. The van der Waals surface area contributed by atoms with E-state index in [0.717, 1.165) is 5.56 Å². The summed E-state index contributed by atoms with van der Waals surface area (Å²) in [6, 6.07) is 1.81. The lowest BCUT2D eigenvalue weighted by molar-refractivity contribution is 0.261. The second-order valence-electron chi connectivity index (χ2n) is 4.30. The summed E-state index contributed by atoms with van der Waals surface area (Å²) in [6.45, 7) is 5.26. The second kappa shape index (κ2) is 9.19. The Balaban J connectivity index is 0.00000324. The van der Waals surface area contributed by atoms with Gasteiger partial charge in [0.1, 0.15) is 5.02 Å². The molecule has 0 aliphatic heterocycles. The van der Waals surface area contributed by atoms with E-state index in [-0.39, 0.29) is 24.0 Å². The van der Waals surface area contributed by atoms with E-state index >= 15 is 0 Å². The normalized spacial score (nSPS) is 11.1. The summed E-state index contributed by atoms with van der Waals surface area (Å²) in [7, 11) is 1.62. The summed E-state index contributed by atoms with van der Waals surface area (Å²) < 4.78 is 5.49. The Morgan fingerprint density at radius 1 is 1.58 bits per heavy atom. The molecule has 5 nitrogen and oxygen atoms in total. The molecule has 0 radical (unpaired) electrons. The zero-order valence-corrected chi connectivity index (χ0v) is 14.4. The van der Waals surface area contributed by atoms with Crippen LogP contribution in [-0.4, -0.2) is 24.6 Å². The van der Waals surface area contributed by atoms with Crippen LogP contribution in [0.1, 0.15) is 19.4 Å². The summed E-state index contributed by atoms with van der Waals surface area (Å²) in [5, 5.41) is 3.44. The van der Waals surface area contributed by atoms with Gasteiger partial charge in [-0.3, -0.25) is 4.99 Å². The SMILES string of the molecule is CN=C(N)NCc1cnc(OCC(C)C)c(Cl)c1.I. The van der Waals surface area contributed by atoms with Crippen molar-refractivity contribution in [2.75, 3.05) is 13.7 Å². The van der Waals surface area contributed by atoms with Gasteiger partial charge in [0, 0.05) is 19.8 Å². The predicted octanol–water partition coefficient (Wildman–Crippen LogP) is 2.42. The maximum absolute atomic E-state index is 6.09. The molecule has 0 amide bonds. The van der Waals surface area contributed by atoms with E-state index in [4.69, 9.17) is 22.1 Å². The van der Waals surface area contributed by atoms with Crippen LogP contribution in [0, 0.1) is 5.92 Å². The van der Waals surface area contributed by atoms with Gasteiger partial charge in [-0.1, -0.05) is 25.4 Å². The van der Waals surface area contributed by atoms with Gasteiger partial charge in [0.15, 0.2) is 5.96 Å². The summed E-state index contributed by atoms with van der Waals surface area (Å²) in [5.74, 6) is 1.28. The minimum atomic E-state index is 0. The summed E-state index contributed by atoms with van der Waals surface area (Å²) in [5.41, 5.74) is 6.45. The fourth-order valence-electron chi connectivity index (χ4n) is 1.19. The Hall–Kier alpha value is -0.760. The quantitative estimate of drug-likeness (QED) is 0.454. The zero-order valence-electron chi connectivity index (χ0n) is 11.3. The van der Waals surface area contributed by atoms with E-state index in [2.05, 4.69) is 29.1 Å². The Morgan fingerprint density at radius 2 is 2.26 bits per heavy atom. The van der Waals surface area contributed by atoms with Crippen LogP contribution in [0.15, 0.2) is 17.3 Å². The van der Waals surface area contributed by atoms with Crippen LogP contribution in [0.4, 0.5) is 0 Å². The summed E-state index contributed by atoms with van der Waals surface area (Å²) in [4.78, 5) is 7.98. The Kier molecular flexibility index (Phi) is 8.82. The third-order valence-electron chi connectivity index (χ3n) is 2.13. The molecule has 0 atom stereocenters. The number of aliphatic imine (C=N–C) groups is 1. The average Bonchev–Trinajstić information content (AvgIpc) is 2.34. The molecule has 3 N–H and O–H groups in total. The number of guanidine groups is 1. The highest BCUT2D eigenvalue weighted by atomic mass is 127. The van der Waals surface area contributed by atoms with Gasteiger partial charge >= 0.3 is 0 Å². The number of halogens is 2. The minimum absolute atomic E-state index is 0. The highest BCUT2D eigenvalue weighted by molar-refractivity contribution is 14.0. The highest BCUT2D eigenvalue weighted by Crippen LogP contribution is 2.22. The van der Waals surface area contributed by atoms with Crippen molar-refractivity contribution in [2.45, 2.75) is 20.4 Å². The number of hydrogen-bond donors (Lipinski definition) is 2. The second-order valence-corrected chi connectivity index (χ2v) is 4.70. The molecule has 0 aromatic carbocycles. The number of hydrogen-bond acceptors (Lipinski definition) is 3. The van der Waals surface area contributed by atoms with Crippen molar-refractivity contribution in [2.24, 2.45) is 16.6 Å². The molecule has 1 heterocycles. The first-order valence-corrected chi connectivity index (χ1v) is 6.14. The molecule has 0 aliphatic carbocycles. The highest BCUT2D eigenvalue weighted by Gasteiger charge is 2.06. The fraction of sp³-hybridized carbons (Fsp3) is 0.500. The monoisotopic (exact) mass is 398 g/mol. The molecule has 0 spiro atoms. The number of rotatable bonds is 5. The molecule has 0 aliphatic rings. The van der Waals surface area contributed by atoms with Gasteiger partial charge in [-0.25, -0.2) is 4.98 Å². The van der Waals surface area contributed by atoms with E-state index < -0.39 is 0 Å². The van der Waals surface area contributed by atoms with E-state index in [0.29, 0.717) is 35.9 Å². The number of nitrogens with two attached hydrogens (primary N) is 1. The molecular formula is C12H20ClIN4O. The third kappa shape index (κ3) is 6.81. The van der Waals surface area contributed by atoms with Crippen molar-refractivity contribution >= 4 is 41.5 Å². The van der Waals surface area contributed by atoms with Gasteiger partial charge in [-0.15, -0.1) is 24.0 Å². The molecule has 19 heavy (non-hydrogen) atoms. The molecule has 0 unspecified atom stereocenters. The van der Waals surface area contributed by atoms with Crippen molar-refractivity contribution in [1.82, 2.24) is 10.3 Å². The zero-order chi connectivity index (χ0) is 13.5. The van der Waals surface area contributed by atoms with Crippen LogP contribution in [0.5, 0.6) is 5.88 Å². The van der Waals surface area contributed by atoms with Gasteiger partial charge in [0.05, 0.1) is 6.61 Å². The number of nitrogens with one attached hydrogen (secondary N) is 1. The fourth-order valence-corrected chi connectivity index (χ4v) is 1.43. The van der Waals surface area contributed by atoms with Gasteiger partial charge in [0.2, 0.25) is 5.88 Å². The largest absolute Gasteiger partial charge is 0.476 e. The molecule has 0 saturated carbocycles. The van der Waals surface area contributed by atoms with Crippen molar-refractivity contribution < 1.29 is 4.74 Å². The Labute approximate surface area is 136 Å². The van der Waals surface area contributed by atoms with Gasteiger partial charge in [-0.2, -0.15) is 0 Å². The topological polar surface area (TPSA) is 72.5 Å². The first-order chi connectivity index (χ1) is 8.52. The van der Waals surface area contributed by atoms with E-state index in [1.165, 1.54) is 0 Å². The molecule has 0 bridgehead atoms. The Morgan fingerprint density at radius 3 is 2.79 bits per heavy atom. The average molecular weight is 399 g/mol. The Bertz CT molecular complexity index is 426. The van der Waals surface area contributed by atoms with Crippen molar-refractivity contribution in [3.8, 4) is 5.88 Å². The third-order valence-corrected chi connectivity index (χ3v) is 2.40. The molecule has 108 valence electrons. The number of pyridine rings is 1. The molecule has 7 heteroatoms. The van der Waals surface area contributed by atoms with Crippen LogP contribution in [0.25, 0.3) is 0 Å². The maximum Gasteiger partial charge on any atom is 0.232 e. The molecule has 1 rings (SSSR count). The maximum atomic E-state index is 6.09. The standard InChI is InChI=1S/C12H19ClN4O.HI/c1-8(2)7-18-11-10(13)4-9(5-16-11)6-17-12(14)15-3;/h4-5,8H,6-7H2,1-3H3,(H3,14,15,17);1H. The summed E-state index contributed by atoms with van der Waals surface area (Å²) >= 11 is 6.09.